The molecule has 1 fully saturated rings. The van der Waals surface area contributed by atoms with E-state index < -0.39 is 7.05 Å². The van der Waals surface area contributed by atoms with Crippen molar-refractivity contribution in [3.8, 4) is 11.9 Å². The van der Waals surface area contributed by atoms with E-state index in [0.29, 0.717) is 5.88 Å². The standard InChI is InChI=1S/C12H17BN4O2/c1-9-5-11(3-4-17(9)13(2)18)19-12-8-15-10(6-14)7-16-12/h7-9,11,18H,3-5H2,1-2H3/t9-,11-/m0/s1. The maximum Gasteiger partial charge on any atom is 0.376 e. The minimum atomic E-state index is -0.425. The third-order valence-electron chi connectivity index (χ3n) is 3.39. The summed E-state index contributed by atoms with van der Waals surface area (Å²) in [6.07, 6.45) is 4.64. The lowest BCUT2D eigenvalue weighted by Gasteiger charge is -2.38. The molecule has 2 heterocycles. The van der Waals surface area contributed by atoms with E-state index in [1.165, 1.54) is 12.4 Å². The first-order valence-electron chi connectivity index (χ1n) is 6.42. The van der Waals surface area contributed by atoms with Crippen molar-refractivity contribution in [3.63, 3.8) is 0 Å². The lowest BCUT2D eigenvalue weighted by atomic mass is 9.80. The molecule has 1 aromatic heterocycles. The van der Waals surface area contributed by atoms with Crippen LogP contribution in [0.15, 0.2) is 12.4 Å². The van der Waals surface area contributed by atoms with Crippen LogP contribution in [0.3, 0.4) is 0 Å². The maximum absolute atomic E-state index is 9.61. The average Bonchev–Trinajstić information content (AvgIpc) is 2.39. The van der Waals surface area contributed by atoms with Gasteiger partial charge in [0, 0.05) is 6.04 Å². The fourth-order valence-corrected chi connectivity index (χ4v) is 2.41. The number of hydrogen-bond acceptors (Lipinski definition) is 6. The molecule has 0 aliphatic carbocycles. The Bertz CT molecular complexity index is 460. The van der Waals surface area contributed by atoms with Gasteiger partial charge in [-0.05, 0) is 26.2 Å². The molecule has 1 aliphatic rings. The van der Waals surface area contributed by atoms with Crippen LogP contribution in [0.5, 0.6) is 5.88 Å². The Morgan fingerprint density at radius 2 is 2.32 bits per heavy atom. The molecule has 0 amide bonds. The fraction of sp³-hybridized carbons (Fsp3) is 0.583. The Hall–Kier alpha value is -1.65. The highest BCUT2D eigenvalue weighted by molar-refractivity contribution is 6.45. The zero-order valence-electron chi connectivity index (χ0n) is 11.2. The highest BCUT2D eigenvalue weighted by Crippen LogP contribution is 2.21. The normalized spacial score (nSPS) is 23.7. The van der Waals surface area contributed by atoms with Gasteiger partial charge in [0.15, 0.2) is 5.69 Å². The van der Waals surface area contributed by atoms with Gasteiger partial charge in [0.05, 0.1) is 12.4 Å². The Morgan fingerprint density at radius 3 is 2.84 bits per heavy atom. The van der Waals surface area contributed by atoms with Gasteiger partial charge in [-0.15, -0.1) is 0 Å². The molecule has 2 rings (SSSR count). The zero-order chi connectivity index (χ0) is 13.8. The van der Waals surface area contributed by atoms with Crippen LogP contribution in [-0.2, 0) is 0 Å². The first-order chi connectivity index (χ1) is 9.10. The first-order valence-corrected chi connectivity index (χ1v) is 6.42. The lowest BCUT2D eigenvalue weighted by molar-refractivity contribution is 0.0935. The molecule has 7 heteroatoms. The van der Waals surface area contributed by atoms with Gasteiger partial charge in [-0.25, -0.2) is 9.97 Å². The van der Waals surface area contributed by atoms with Crippen molar-refractivity contribution >= 4 is 7.05 Å². The molecule has 2 atom stereocenters. The number of aromatic nitrogens is 2. The molecule has 1 N–H and O–H groups in total. The van der Waals surface area contributed by atoms with Crippen molar-refractivity contribution in [2.24, 2.45) is 0 Å². The second kappa shape index (κ2) is 6.00. The molecule has 0 bridgehead atoms. The molecule has 100 valence electrons. The third-order valence-corrected chi connectivity index (χ3v) is 3.39. The van der Waals surface area contributed by atoms with E-state index in [-0.39, 0.29) is 17.8 Å². The number of rotatable bonds is 3. The van der Waals surface area contributed by atoms with Crippen LogP contribution in [0.25, 0.3) is 0 Å². The Labute approximate surface area is 113 Å². The van der Waals surface area contributed by atoms with E-state index >= 15 is 0 Å². The summed E-state index contributed by atoms with van der Waals surface area (Å²) in [6.45, 7) is 4.66. The average molecular weight is 260 g/mol. The first kappa shape index (κ1) is 13.8. The van der Waals surface area contributed by atoms with Crippen LogP contribution in [0.4, 0.5) is 0 Å². The SMILES string of the molecule is CB(O)N1CC[C@H](Oc2cnc(C#N)cn2)C[C@@H]1C. The predicted octanol–water partition coefficient (Wildman–Crippen LogP) is 0.690. The van der Waals surface area contributed by atoms with Crippen molar-refractivity contribution in [1.82, 2.24) is 14.8 Å². The van der Waals surface area contributed by atoms with Crippen molar-refractivity contribution in [3.05, 3.63) is 18.1 Å². The highest BCUT2D eigenvalue weighted by Gasteiger charge is 2.30. The summed E-state index contributed by atoms with van der Waals surface area (Å²) < 4.78 is 5.76. The summed E-state index contributed by atoms with van der Waals surface area (Å²) in [7, 11) is -0.425. The molecule has 0 aromatic carbocycles. The van der Waals surface area contributed by atoms with E-state index in [0.717, 1.165) is 19.4 Å². The Kier molecular flexibility index (Phi) is 4.35. The van der Waals surface area contributed by atoms with E-state index in [2.05, 4.69) is 16.9 Å². The molecule has 0 saturated carbocycles. The number of piperidine rings is 1. The smallest absolute Gasteiger partial charge is 0.376 e. The summed E-state index contributed by atoms with van der Waals surface area (Å²) in [4.78, 5) is 10.0. The molecule has 19 heavy (non-hydrogen) atoms. The summed E-state index contributed by atoms with van der Waals surface area (Å²) >= 11 is 0. The molecule has 1 aliphatic heterocycles. The molecule has 0 radical (unpaired) electrons. The largest absolute Gasteiger partial charge is 0.473 e. The van der Waals surface area contributed by atoms with Gasteiger partial charge in [-0.1, -0.05) is 6.92 Å². The monoisotopic (exact) mass is 260 g/mol. The van der Waals surface area contributed by atoms with Gasteiger partial charge in [0.25, 0.3) is 0 Å². The van der Waals surface area contributed by atoms with E-state index in [1.807, 2.05) is 10.9 Å². The lowest BCUT2D eigenvalue weighted by Crippen LogP contribution is -2.50. The van der Waals surface area contributed by atoms with Crippen molar-refractivity contribution in [2.45, 2.75) is 38.7 Å². The Balaban J connectivity index is 1.92. The van der Waals surface area contributed by atoms with Crippen LogP contribution in [0, 0.1) is 11.3 Å². The molecular weight excluding hydrogens is 243 g/mol. The quantitative estimate of drug-likeness (QED) is 0.805. The molecule has 1 saturated heterocycles. The van der Waals surface area contributed by atoms with Gasteiger partial charge in [0.2, 0.25) is 5.88 Å². The molecule has 0 spiro atoms. The highest BCUT2D eigenvalue weighted by atomic mass is 16.5. The summed E-state index contributed by atoms with van der Waals surface area (Å²) in [5.41, 5.74) is 0.282. The van der Waals surface area contributed by atoms with Gasteiger partial charge in [0.1, 0.15) is 12.2 Å². The van der Waals surface area contributed by atoms with Crippen molar-refractivity contribution < 1.29 is 9.76 Å². The van der Waals surface area contributed by atoms with Crippen LogP contribution in [0.2, 0.25) is 6.82 Å². The van der Waals surface area contributed by atoms with Crippen LogP contribution in [0.1, 0.15) is 25.5 Å². The maximum atomic E-state index is 9.61. The minimum absolute atomic E-state index is 0.0761. The topological polar surface area (TPSA) is 82.3 Å². The third kappa shape index (κ3) is 3.43. The summed E-state index contributed by atoms with van der Waals surface area (Å²) in [5, 5.41) is 18.3. The van der Waals surface area contributed by atoms with Gasteiger partial charge < -0.3 is 14.6 Å². The van der Waals surface area contributed by atoms with Gasteiger partial charge in [-0.3, -0.25) is 0 Å². The second-order valence-electron chi connectivity index (χ2n) is 4.83. The Morgan fingerprint density at radius 1 is 1.53 bits per heavy atom. The van der Waals surface area contributed by atoms with E-state index in [9.17, 15) is 5.02 Å². The zero-order valence-corrected chi connectivity index (χ0v) is 11.2. The molecule has 1 aromatic rings. The van der Waals surface area contributed by atoms with Crippen LogP contribution < -0.4 is 4.74 Å². The summed E-state index contributed by atoms with van der Waals surface area (Å²) in [5.74, 6) is 0.446. The fourth-order valence-electron chi connectivity index (χ4n) is 2.41. The van der Waals surface area contributed by atoms with Gasteiger partial charge >= 0.3 is 7.05 Å². The van der Waals surface area contributed by atoms with E-state index in [4.69, 9.17) is 10.00 Å². The minimum Gasteiger partial charge on any atom is -0.473 e. The number of nitriles is 1. The predicted molar refractivity (Wildman–Crippen MR) is 70.4 cm³/mol. The van der Waals surface area contributed by atoms with Crippen LogP contribution in [-0.4, -0.2) is 45.5 Å². The number of nitrogens with zero attached hydrogens (tertiary/aromatic N) is 4. The molecule has 0 unspecified atom stereocenters. The van der Waals surface area contributed by atoms with Crippen molar-refractivity contribution in [2.75, 3.05) is 6.54 Å². The van der Waals surface area contributed by atoms with Crippen LogP contribution >= 0.6 is 0 Å². The molecular formula is C12H17BN4O2. The summed E-state index contributed by atoms with van der Waals surface area (Å²) in [6, 6.07) is 2.19. The van der Waals surface area contributed by atoms with Gasteiger partial charge in [-0.2, -0.15) is 5.26 Å². The van der Waals surface area contributed by atoms with Crippen molar-refractivity contribution in [1.29, 1.82) is 5.26 Å². The van der Waals surface area contributed by atoms with E-state index in [1.54, 1.807) is 6.82 Å². The second-order valence-corrected chi connectivity index (χ2v) is 4.83. The number of hydrogen-bond donors (Lipinski definition) is 1. The number of ether oxygens (including phenoxy) is 1. The molecule has 6 nitrogen and oxygen atoms in total.